The van der Waals surface area contributed by atoms with E-state index in [2.05, 4.69) is 17.1 Å². The molecular weight excluding hydrogens is 242 g/mol. The first-order chi connectivity index (χ1) is 9.22. The molecule has 0 fully saturated rings. The van der Waals surface area contributed by atoms with E-state index in [1.165, 1.54) is 0 Å². The smallest absolute Gasteiger partial charge is 0.243 e. The Morgan fingerprint density at radius 3 is 2.68 bits per heavy atom. The van der Waals surface area contributed by atoms with E-state index in [4.69, 9.17) is 15.0 Å². The fourth-order valence-corrected chi connectivity index (χ4v) is 1.85. The maximum absolute atomic E-state index is 5.94. The molecule has 0 aliphatic rings. The molecule has 0 saturated carbocycles. The van der Waals surface area contributed by atoms with Crippen molar-refractivity contribution in [3.63, 3.8) is 0 Å². The van der Waals surface area contributed by atoms with Gasteiger partial charge < -0.3 is 15.0 Å². The highest BCUT2D eigenvalue weighted by Gasteiger charge is 2.13. The van der Waals surface area contributed by atoms with Crippen LogP contribution in [0.15, 0.2) is 28.8 Å². The molecule has 0 amide bonds. The first kappa shape index (κ1) is 13.5. The second-order valence-corrected chi connectivity index (χ2v) is 4.47. The Kier molecular flexibility index (Phi) is 4.52. The molecule has 102 valence electrons. The number of hydrogen-bond donors (Lipinski definition) is 1. The van der Waals surface area contributed by atoms with Crippen molar-refractivity contribution < 1.29 is 9.26 Å². The van der Waals surface area contributed by atoms with E-state index in [1.54, 1.807) is 7.11 Å². The molecular formula is C14H19N3O2. The molecule has 5 heteroatoms. The quantitative estimate of drug-likeness (QED) is 0.864. The molecule has 0 aliphatic carbocycles. The minimum absolute atomic E-state index is 0.165. The molecule has 0 radical (unpaired) electrons. The van der Waals surface area contributed by atoms with Gasteiger partial charge in [0.2, 0.25) is 5.89 Å². The lowest BCUT2D eigenvalue weighted by atomic mass is 10.1. The van der Waals surface area contributed by atoms with Crippen LogP contribution in [-0.2, 0) is 6.42 Å². The fourth-order valence-electron chi connectivity index (χ4n) is 1.85. The summed E-state index contributed by atoms with van der Waals surface area (Å²) in [4.78, 5) is 4.33. The van der Waals surface area contributed by atoms with Crippen LogP contribution in [0.5, 0.6) is 5.75 Å². The molecule has 0 bridgehead atoms. The largest absolute Gasteiger partial charge is 0.497 e. The third-order valence-corrected chi connectivity index (χ3v) is 2.92. The Balaban J connectivity index is 2.02. The molecule has 0 spiro atoms. The van der Waals surface area contributed by atoms with Crippen LogP contribution in [0.2, 0.25) is 0 Å². The normalized spacial score (nSPS) is 12.4. The van der Waals surface area contributed by atoms with Crippen LogP contribution in [-0.4, -0.2) is 17.3 Å². The zero-order valence-electron chi connectivity index (χ0n) is 11.3. The zero-order valence-corrected chi connectivity index (χ0v) is 11.3. The van der Waals surface area contributed by atoms with Gasteiger partial charge in [0, 0.05) is 6.42 Å². The molecule has 5 nitrogen and oxygen atoms in total. The Bertz CT molecular complexity index is 508. The van der Waals surface area contributed by atoms with Crippen molar-refractivity contribution in [2.45, 2.75) is 32.2 Å². The lowest BCUT2D eigenvalue weighted by Gasteiger charge is -2.02. The summed E-state index contributed by atoms with van der Waals surface area (Å²) in [6.07, 6.45) is 2.48. The van der Waals surface area contributed by atoms with Crippen molar-refractivity contribution in [1.29, 1.82) is 0 Å². The number of nitrogens with zero attached hydrogens (tertiary/aromatic N) is 2. The number of rotatable bonds is 6. The van der Waals surface area contributed by atoms with Crippen LogP contribution in [0.1, 0.15) is 43.1 Å². The highest BCUT2D eigenvalue weighted by atomic mass is 16.5. The van der Waals surface area contributed by atoms with E-state index >= 15 is 0 Å². The third kappa shape index (κ3) is 3.54. The van der Waals surface area contributed by atoms with E-state index in [1.807, 2.05) is 24.3 Å². The van der Waals surface area contributed by atoms with Crippen LogP contribution in [0.3, 0.4) is 0 Å². The number of hydrogen-bond acceptors (Lipinski definition) is 5. The van der Waals surface area contributed by atoms with E-state index in [9.17, 15) is 0 Å². The predicted molar refractivity (Wildman–Crippen MR) is 71.9 cm³/mol. The van der Waals surface area contributed by atoms with Crippen molar-refractivity contribution in [3.05, 3.63) is 41.5 Å². The van der Waals surface area contributed by atoms with E-state index in [0.29, 0.717) is 18.1 Å². The summed E-state index contributed by atoms with van der Waals surface area (Å²) in [5.41, 5.74) is 7.05. The molecule has 2 N–H and O–H groups in total. The first-order valence-electron chi connectivity index (χ1n) is 6.44. The minimum Gasteiger partial charge on any atom is -0.497 e. The van der Waals surface area contributed by atoms with Crippen LogP contribution < -0.4 is 10.5 Å². The van der Waals surface area contributed by atoms with Gasteiger partial charge in [-0.2, -0.15) is 4.98 Å². The molecule has 19 heavy (non-hydrogen) atoms. The van der Waals surface area contributed by atoms with Gasteiger partial charge in [0.05, 0.1) is 13.2 Å². The lowest BCUT2D eigenvalue weighted by Crippen LogP contribution is -2.10. The van der Waals surface area contributed by atoms with Crippen molar-refractivity contribution in [1.82, 2.24) is 10.1 Å². The van der Waals surface area contributed by atoms with Crippen molar-refractivity contribution in [2.24, 2.45) is 5.73 Å². The molecule has 2 rings (SSSR count). The predicted octanol–water partition coefficient (Wildman–Crippen LogP) is 2.47. The Morgan fingerprint density at radius 2 is 2.05 bits per heavy atom. The summed E-state index contributed by atoms with van der Waals surface area (Å²) in [7, 11) is 1.65. The highest BCUT2D eigenvalue weighted by molar-refractivity contribution is 5.28. The number of ether oxygens (including phenoxy) is 1. The van der Waals surface area contributed by atoms with Crippen LogP contribution in [0, 0.1) is 0 Å². The number of benzene rings is 1. The standard InChI is InChI=1S/C14H19N3O2/c1-3-4-12(15)14-16-13(17-19-14)9-10-5-7-11(18-2)8-6-10/h5-8,12H,3-4,9,15H2,1-2H3. The van der Waals surface area contributed by atoms with E-state index in [0.717, 1.165) is 24.2 Å². The van der Waals surface area contributed by atoms with Crippen LogP contribution >= 0.6 is 0 Å². The molecule has 1 aromatic heterocycles. The zero-order chi connectivity index (χ0) is 13.7. The number of aromatic nitrogens is 2. The molecule has 1 heterocycles. The lowest BCUT2D eigenvalue weighted by molar-refractivity contribution is 0.345. The topological polar surface area (TPSA) is 74.2 Å². The summed E-state index contributed by atoms with van der Waals surface area (Å²) in [5.74, 6) is 2.01. The van der Waals surface area contributed by atoms with Gasteiger partial charge in [-0.15, -0.1) is 0 Å². The average molecular weight is 261 g/mol. The molecule has 1 unspecified atom stereocenters. The van der Waals surface area contributed by atoms with Crippen molar-refractivity contribution >= 4 is 0 Å². The van der Waals surface area contributed by atoms with E-state index < -0.39 is 0 Å². The molecule has 0 saturated heterocycles. The van der Waals surface area contributed by atoms with Crippen molar-refractivity contribution in [2.75, 3.05) is 7.11 Å². The first-order valence-corrected chi connectivity index (χ1v) is 6.44. The summed E-state index contributed by atoms with van der Waals surface area (Å²) in [5, 5.41) is 3.96. The van der Waals surface area contributed by atoms with Gasteiger partial charge in [0.15, 0.2) is 5.82 Å². The van der Waals surface area contributed by atoms with Gasteiger partial charge in [0.1, 0.15) is 5.75 Å². The summed E-state index contributed by atoms with van der Waals surface area (Å²) in [6.45, 7) is 2.08. The third-order valence-electron chi connectivity index (χ3n) is 2.92. The molecule has 1 atom stereocenters. The van der Waals surface area contributed by atoms with Gasteiger partial charge in [-0.3, -0.25) is 0 Å². The summed E-state index contributed by atoms with van der Waals surface area (Å²) < 4.78 is 10.3. The van der Waals surface area contributed by atoms with Gasteiger partial charge in [-0.1, -0.05) is 30.6 Å². The Hall–Kier alpha value is -1.88. The van der Waals surface area contributed by atoms with Crippen molar-refractivity contribution in [3.8, 4) is 5.75 Å². The van der Waals surface area contributed by atoms with Gasteiger partial charge in [-0.25, -0.2) is 0 Å². The summed E-state index contributed by atoms with van der Waals surface area (Å²) in [6, 6.07) is 7.64. The molecule has 2 aromatic rings. The van der Waals surface area contributed by atoms with Gasteiger partial charge in [0.25, 0.3) is 0 Å². The highest BCUT2D eigenvalue weighted by Crippen LogP contribution is 2.16. The second kappa shape index (κ2) is 6.33. The molecule has 0 aliphatic heterocycles. The van der Waals surface area contributed by atoms with Crippen LogP contribution in [0.25, 0.3) is 0 Å². The Morgan fingerprint density at radius 1 is 1.32 bits per heavy atom. The number of nitrogens with two attached hydrogens (primary N) is 1. The Labute approximate surface area is 112 Å². The van der Waals surface area contributed by atoms with Gasteiger partial charge in [-0.05, 0) is 24.1 Å². The SMILES string of the molecule is CCCC(N)c1nc(Cc2ccc(OC)cc2)no1. The maximum atomic E-state index is 5.94. The maximum Gasteiger partial charge on any atom is 0.243 e. The second-order valence-electron chi connectivity index (χ2n) is 4.47. The average Bonchev–Trinajstić information content (AvgIpc) is 2.88. The fraction of sp³-hybridized carbons (Fsp3) is 0.429. The molecule has 1 aromatic carbocycles. The van der Waals surface area contributed by atoms with Gasteiger partial charge >= 0.3 is 0 Å². The number of methoxy groups -OCH3 is 1. The minimum atomic E-state index is -0.165. The van der Waals surface area contributed by atoms with Crippen LogP contribution in [0.4, 0.5) is 0 Å². The monoisotopic (exact) mass is 261 g/mol. The van der Waals surface area contributed by atoms with E-state index in [-0.39, 0.29) is 6.04 Å². The summed E-state index contributed by atoms with van der Waals surface area (Å²) >= 11 is 0.